The average Bonchev–Trinajstić information content (AvgIpc) is 0. The fourth-order valence-electron chi connectivity index (χ4n) is 0. The zero-order chi connectivity index (χ0) is 0. The van der Waals surface area contributed by atoms with Crippen molar-refractivity contribution >= 4 is 0 Å². The summed E-state index contributed by atoms with van der Waals surface area (Å²) in [6, 6.07) is 0. The fraction of sp³-hybridized carbons (Fsp3) is 0. The van der Waals surface area contributed by atoms with Crippen molar-refractivity contribution in [3.05, 3.63) is 0 Å². The first-order valence-corrected chi connectivity index (χ1v) is 0. The van der Waals surface area contributed by atoms with E-state index in [4.69, 9.17) is 0 Å². The third-order valence-corrected chi connectivity index (χ3v) is 0. The molecule has 0 saturated heterocycles. The van der Waals surface area contributed by atoms with Crippen LogP contribution in [0, 0.1) is 0 Å². The Kier molecular flexibility index (Phi) is 3020. The summed E-state index contributed by atoms with van der Waals surface area (Å²) < 4.78 is 0. The Hall–Kier alpha value is 3.67. The molecule has 56 valence electrons. The molecule has 0 saturated carbocycles. The minimum atomic E-state index is 0. The fourth-order valence-corrected chi connectivity index (χ4v) is 0. The van der Waals surface area contributed by atoms with Crippen molar-refractivity contribution in [1.29, 1.82) is 0 Å². The van der Waals surface area contributed by atoms with E-state index in [1.807, 2.05) is 0 Å². The molecule has 0 aliphatic rings. The normalized spacial score (nSPS) is 0. The Morgan fingerprint density at radius 2 is 0.273 bits per heavy atom. The van der Waals surface area contributed by atoms with Gasteiger partial charge in [-0.3, -0.25) is 0 Å². The number of rotatable bonds is 0. The number of hydrogen-bond donors (Lipinski definition) is 0. The van der Waals surface area contributed by atoms with Crippen molar-refractivity contribution in [2.75, 3.05) is 0 Å². The minimum Gasteiger partial charge on any atom is -2.00 e. The van der Waals surface area contributed by atoms with E-state index in [0.717, 1.165) is 0 Å². The molecule has 0 spiro atoms. The number of hydrogen-bond acceptors (Lipinski definition) is 0. The van der Waals surface area contributed by atoms with Crippen LogP contribution in [0.15, 0.2) is 0 Å². The third kappa shape index (κ3) is 138. The Morgan fingerprint density at radius 3 is 0.273 bits per heavy atom. The molecule has 0 aliphatic carbocycles. The van der Waals surface area contributed by atoms with Gasteiger partial charge in [0, 0.05) is 0 Å². The first-order valence-electron chi connectivity index (χ1n) is 0. The molecule has 0 aliphatic heterocycles. The van der Waals surface area contributed by atoms with E-state index in [1.54, 1.807) is 0 Å². The maximum atomic E-state index is 0. The van der Waals surface area contributed by atoms with Gasteiger partial charge in [0.2, 0.25) is 0 Å². The average molecular weight is 647 g/mol. The van der Waals surface area contributed by atoms with E-state index in [2.05, 4.69) is 0 Å². The van der Waals surface area contributed by atoms with Gasteiger partial charge >= 0.3 is 117 Å². The van der Waals surface area contributed by atoms with Gasteiger partial charge in [0.05, 0.1) is 0 Å². The molecule has 0 aromatic heterocycles. The van der Waals surface area contributed by atoms with E-state index >= 15 is 0 Å². The molecule has 11 heteroatoms. The first kappa shape index (κ1) is 204. The van der Waals surface area contributed by atoms with Crippen LogP contribution in [0.3, 0.4) is 0 Å². The Morgan fingerprint density at radius 1 is 0.273 bits per heavy atom. The van der Waals surface area contributed by atoms with Crippen LogP contribution < -0.4 is 0 Å². The van der Waals surface area contributed by atoms with Gasteiger partial charge in [0.1, 0.15) is 0 Å². The minimum absolute atomic E-state index is 0. The second-order valence-electron chi connectivity index (χ2n) is 0. The van der Waals surface area contributed by atoms with Gasteiger partial charge in [-0.2, -0.15) is 0 Å². The van der Waals surface area contributed by atoms with E-state index in [1.165, 1.54) is 0 Å². The molecule has 0 radical (unpaired) electrons. The molecule has 0 rings (SSSR count). The van der Waals surface area contributed by atoms with Crippen molar-refractivity contribution in [3.63, 3.8) is 0 Å². The van der Waals surface area contributed by atoms with Crippen LogP contribution >= 0.6 is 0 Å². The Bertz CT molecular complexity index is 14.4. The summed E-state index contributed by atoms with van der Waals surface area (Å²) in [5.74, 6) is 0. The van der Waals surface area contributed by atoms with Crippen LogP contribution in [0.5, 0.6) is 0 Å². The molecule has 0 heterocycles. The molecule has 0 amide bonds. The van der Waals surface area contributed by atoms with Crippen LogP contribution in [0.25, 0.3) is 0 Å². The standard InChI is InChI=1S/2Hf.7O.2Y/q2*+4;7*-2;2*+3. The molecule has 0 bridgehead atoms. The summed E-state index contributed by atoms with van der Waals surface area (Å²) in [7, 11) is 0. The summed E-state index contributed by atoms with van der Waals surface area (Å²) in [5.41, 5.74) is 0. The van der Waals surface area contributed by atoms with E-state index in [-0.39, 0.29) is 155 Å². The largest absolute Gasteiger partial charge is 4.00 e. The van der Waals surface area contributed by atoms with E-state index in [9.17, 15) is 0 Å². The maximum absolute atomic E-state index is 0. The summed E-state index contributed by atoms with van der Waals surface area (Å²) in [5, 5.41) is 0. The quantitative estimate of drug-likeness (QED) is 0.296. The summed E-state index contributed by atoms with van der Waals surface area (Å²) in [6.07, 6.45) is 0. The second-order valence-corrected chi connectivity index (χ2v) is 0. The molecule has 0 atom stereocenters. The summed E-state index contributed by atoms with van der Waals surface area (Å²) >= 11 is 0. The van der Waals surface area contributed by atoms with Gasteiger partial charge in [-0.05, 0) is 0 Å². The monoisotopic (exact) mass is 650 g/mol. The van der Waals surface area contributed by atoms with Gasteiger partial charge in [-0.15, -0.1) is 0 Å². The van der Waals surface area contributed by atoms with Gasteiger partial charge in [0.15, 0.2) is 0 Å². The van der Waals surface area contributed by atoms with Crippen LogP contribution in [-0.2, 0) is 155 Å². The summed E-state index contributed by atoms with van der Waals surface area (Å²) in [6.45, 7) is 0. The van der Waals surface area contributed by atoms with Gasteiger partial charge in [0.25, 0.3) is 0 Å². The van der Waals surface area contributed by atoms with Crippen LogP contribution in [-0.4, -0.2) is 0 Å². The molecular weight excluding hydrogens is 647 g/mol. The Balaban J connectivity index is 0. The molecule has 0 N–H and O–H groups in total. The van der Waals surface area contributed by atoms with Crippen LogP contribution in [0.4, 0.5) is 0 Å². The molecule has 0 unspecified atom stereocenters. The van der Waals surface area contributed by atoms with Crippen molar-refractivity contribution in [2.24, 2.45) is 0 Å². The van der Waals surface area contributed by atoms with Crippen LogP contribution in [0.2, 0.25) is 0 Å². The zero-order valence-corrected chi connectivity index (χ0v) is 17.9. The first-order chi connectivity index (χ1) is 0. The van der Waals surface area contributed by atoms with Gasteiger partial charge in [-0.25, -0.2) is 0 Å². The molecule has 11 heavy (non-hydrogen) atoms. The van der Waals surface area contributed by atoms with Gasteiger partial charge in [-0.1, -0.05) is 0 Å². The zero-order valence-electron chi connectivity index (χ0n) is 5.01. The topological polar surface area (TPSA) is 200 Å². The van der Waals surface area contributed by atoms with Crippen molar-refractivity contribution in [2.45, 2.75) is 0 Å². The van der Waals surface area contributed by atoms with Crippen LogP contribution in [0.1, 0.15) is 0 Å². The molecule has 0 aromatic carbocycles. The molecule has 7 nitrogen and oxygen atoms in total. The predicted octanol–water partition coefficient (Wildman–Crippen LogP) is -0.842. The van der Waals surface area contributed by atoms with Crippen molar-refractivity contribution < 1.29 is 155 Å². The van der Waals surface area contributed by atoms with Gasteiger partial charge < -0.3 is 38.3 Å². The third-order valence-electron chi connectivity index (χ3n) is 0. The maximum Gasteiger partial charge on any atom is 4.00 e. The molecular formula is Hf2O7Y2. The molecule has 0 aromatic rings. The predicted molar refractivity (Wildman–Crippen MR) is 4.81 cm³/mol. The van der Waals surface area contributed by atoms with Crippen molar-refractivity contribution in [3.8, 4) is 0 Å². The van der Waals surface area contributed by atoms with Crippen molar-refractivity contribution in [1.82, 2.24) is 0 Å². The summed E-state index contributed by atoms with van der Waals surface area (Å²) in [4.78, 5) is 0. The molecule has 0 fully saturated rings. The Labute approximate surface area is 152 Å². The smallest absolute Gasteiger partial charge is 2.00 e. The SMILES string of the molecule is [Hf+4].[Hf+4].[O-2].[O-2].[O-2].[O-2].[O-2].[O-2].[O-2].[Y+3].[Y+3]. The van der Waals surface area contributed by atoms with E-state index < -0.39 is 0 Å². The second kappa shape index (κ2) is 163. The van der Waals surface area contributed by atoms with E-state index in [0.29, 0.717) is 0 Å².